The Bertz CT molecular complexity index is 1240. The van der Waals surface area contributed by atoms with E-state index in [9.17, 15) is 9.59 Å². The number of benzene rings is 2. The highest BCUT2D eigenvalue weighted by Gasteiger charge is 2.01. The van der Waals surface area contributed by atoms with E-state index in [1.54, 1.807) is 30.3 Å². The summed E-state index contributed by atoms with van der Waals surface area (Å²) in [6.07, 6.45) is 1.10. The van der Waals surface area contributed by atoms with E-state index < -0.39 is 14.4 Å². The van der Waals surface area contributed by atoms with Gasteiger partial charge in [-0.1, -0.05) is 19.1 Å². The van der Waals surface area contributed by atoms with E-state index in [2.05, 4.69) is 13.1 Å². The van der Waals surface area contributed by atoms with E-state index in [-0.39, 0.29) is 11.4 Å². The second-order valence-corrected chi connectivity index (χ2v) is 10.7. The Morgan fingerprint density at radius 2 is 1.40 bits per heavy atom. The molecule has 0 aliphatic carbocycles. The Kier molecular flexibility index (Phi) is 7.08. The van der Waals surface area contributed by atoms with Crippen LogP contribution in [-0.2, 0) is 0 Å². The summed E-state index contributed by atoms with van der Waals surface area (Å²) in [6.45, 7) is 5.41. The molecular formula is C23H24O6Si. The van der Waals surface area contributed by atoms with Crippen molar-refractivity contribution >= 4 is 30.7 Å². The molecule has 4 aromatic rings. The van der Waals surface area contributed by atoms with Crippen molar-refractivity contribution in [3.63, 3.8) is 0 Å². The average Bonchev–Trinajstić information content (AvgIpc) is 2.71. The number of phenolic OH excluding ortho intramolecular Hbond substituents is 1. The number of hydrogen-bond acceptors (Lipinski definition) is 6. The standard InChI is InChI=1S/C14H18O3Si.C9H6O3/c1-18(2)9-3-8-16-12-6-4-11-5-7-14(15)17-13(11)10-12;10-7-3-1-6-2-4-9(11)12-8(6)5-7/h4-7,10,18H,3,8-9H2,1-2H3;1-5,10H. The van der Waals surface area contributed by atoms with Crippen LogP contribution < -0.4 is 16.0 Å². The Labute approximate surface area is 175 Å². The molecule has 2 heterocycles. The minimum Gasteiger partial charge on any atom is -0.508 e. The van der Waals surface area contributed by atoms with Crippen LogP contribution in [0.1, 0.15) is 6.42 Å². The van der Waals surface area contributed by atoms with Gasteiger partial charge in [-0.25, -0.2) is 9.59 Å². The molecule has 7 heteroatoms. The van der Waals surface area contributed by atoms with E-state index in [4.69, 9.17) is 18.7 Å². The zero-order chi connectivity index (χ0) is 21.5. The van der Waals surface area contributed by atoms with Crippen LogP contribution in [0.2, 0.25) is 19.1 Å². The first kappa shape index (κ1) is 21.4. The largest absolute Gasteiger partial charge is 0.508 e. The highest BCUT2D eigenvalue weighted by Crippen LogP contribution is 2.20. The monoisotopic (exact) mass is 424 g/mol. The van der Waals surface area contributed by atoms with Crippen LogP contribution in [0.3, 0.4) is 0 Å². The summed E-state index contributed by atoms with van der Waals surface area (Å²) in [6, 6.07) is 17.7. The average molecular weight is 425 g/mol. The molecule has 0 bridgehead atoms. The van der Waals surface area contributed by atoms with Crippen molar-refractivity contribution < 1.29 is 18.7 Å². The van der Waals surface area contributed by atoms with Crippen molar-refractivity contribution in [1.29, 1.82) is 0 Å². The molecule has 2 aromatic heterocycles. The first-order valence-corrected chi connectivity index (χ1v) is 12.9. The normalized spacial score (nSPS) is 10.8. The van der Waals surface area contributed by atoms with Crippen LogP contribution >= 0.6 is 0 Å². The molecule has 0 saturated heterocycles. The van der Waals surface area contributed by atoms with Gasteiger partial charge in [0.25, 0.3) is 0 Å². The smallest absolute Gasteiger partial charge is 0.336 e. The highest BCUT2D eigenvalue weighted by molar-refractivity contribution is 6.55. The second kappa shape index (κ2) is 9.93. The van der Waals surface area contributed by atoms with Crippen molar-refractivity contribution in [3.8, 4) is 11.5 Å². The number of phenols is 1. The minimum absolute atomic E-state index is 0.0943. The van der Waals surface area contributed by atoms with Gasteiger partial charge in [-0.05, 0) is 42.8 Å². The zero-order valence-corrected chi connectivity index (χ0v) is 18.1. The molecule has 0 aliphatic rings. The molecule has 30 heavy (non-hydrogen) atoms. The number of fused-ring (bicyclic) bond motifs is 2. The Balaban J connectivity index is 0.000000184. The molecule has 0 aliphatic heterocycles. The van der Waals surface area contributed by atoms with Crippen LogP contribution in [-0.4, -0.2) is 20.5 Å². The quantitative estimate of drug-likeness (QED) is 0.287. The molecule has 6 nitrogen and oxygen atoms in total. The molecule has 0 atom stereocenters. The van der Waals surface area contributed by atoms with Crippen LogP contribution in [0.4, 0.5) is 0 Å². The summed E-state index contributed by atoms with van der Waals surface area (Å²) in [7, 11) is -0.483. The summed E-state index contributed by atoms with van der Waals surface area (Å²) in [5.41, 5.74) is 0.249. The van der Waals surface area contributed by atoms with Gasteiger partial charge >= 0.3 is 11.3 Å². The van der Waals surface area contributed by atoms with Crippen molar-refractivity contribution in [3.05, 3.63) is 81.5 Å². The van der Waals surface area contributed by atoms with Gasteiger partial charge in [0.1, 0.15) is 22.7 Å². The number of hydrogen-bond donors (Lipinski definition) is 1. The lowest BCUT2D eigenvalue weighted by molar-refractivity contribution is 0.317. The summed E-state index contributed by atoms with van der Waals surface area (Å²) in [4.78, 5) is 21.9. The first-order valence-electron chi connectivity index (χ1n) is 9.80. The molecule has 0 radical (unpaired) electrons. The predicted octanol–water partition coefficient (Wildman–Crippen LogP) is 4.55. The molecule has 156 valence electrons. The van der Waals surface area contributed by atoms with Gasteiger partial charge in [-0.3, -0.25) is 0 Å². The van der Waals surface area contributed by atoms with E-state index in [1.165, 1.54) is 24.2 Å². The van der Waals surface area contributed by atoms with Gasteiger partial charge in [-0.15, -0.1) is 0 Å². The third-order valence-corrected chi connectivity index (χ3v) is 5.96. The SMILES string of the molecule is C[SiH](C)CCCOc1ccc2ccc(=O)oc2c1.O=c1ccc2ccc(O)cc2o1. The second-order valence-electron chi connectivity index (χ2n) is 7.32. The fourth-order valence-electron chi connectivity index (χ4n) is 2.86. The molecule has 4 rings (SSSR count). The van der Waals surface area contributed by atoms with Gasteiger partial charge in [-0.2, -0.15) is 0 Å². The van der Waals surface area contributed by atoms with E-state index in [0.29, 0.717) is 11.2 Å². The minimum atomic E-state index is -0.483. The molecule has 0 spiro atoms. The molecule has 0 saturated carbocycles. The fourth-order valence-corrected chi connectivity index (χ4v) is 3.84. The summed E-state index contributed by atoms with van der Waals surface area (Å²) >= 11 is 0. The van der Waals surface area contributed by atoms with Crippen LogP contribution in [0.25, 0.3) is 21.9 Å². The lowest BCUT2D eigenvalue weighted by Gasteiger charge is -2.07. The third kappa shape index (κ3) is 6.09. The summed E-state index contributed by atoms with van der Waals surface area (Å²) in [5, 5.41) is 10.8. The van der Waals surface area contributed by atoms with Crippen molar-refractivity contribution in [2.24, 2.45) is 0 Å². The van der Waals surface area contributed by atoms with Crippen molar-refractivity contribution in [1.82, 2.24) is 0 Å². The lowest BCUT2D eigenvalue weighted by atomic mass is 10.2. The Morgan fingerprint density at radius 1 is 0.833 bits per heavy atom. The van der Waals surface area contributed by atoms with Gasteiger partial charge in [0.2, 0.25) is 0 Å². The number of aromatic hydroxyl groups is 1. The van der Waals surface area contributed by atoms with Crippen LogP contribution in [0.15, 0.2) is 79.1 Å². The maximum absolute atomic E-state index is 11.1. The van der Waals surface area contributed by atoms with E-state index >= 15 is 0 Å². The molecular weight excluding hydrogens is 400 g/mol. The topological polar surface area (TPSA) is 89.9 Å². The van der Waals surface area contributed by atoms with Crippen LogP contribution in [0.5, 0.6) is 11.5 Å². The highest BCUT2D eigenvalue weighted by atomic mass is 28.3. The molecule has 2 aromatic carbocycles. The molecule has 1 N–H and O–H groups in total. The van der Waals surface area contributed by atoms with Gasteiger partial charge in [0.05, 0.1) is 6.61 Å². The zero-order valence-electron chi connectivity index (χ0n) is 17.0. The maximum Gasteiger partial charge on any atom is 0.336 e. The summed E-state index contributed by atoms with van der Waals surface area (Å²) in [5.74, 6) is 0.860. The van der Waals surface area contributed by atoms with Gasteiger partial charge in [0.15, 0.2) is 0 Å². The lowest BCUT2D eigenvalue weighted by Crippen LogP contribution is -2.04. The first-order chi connectivity index (χ1) is 14.4. The fraction of sp³-hybridized carbons (Fsp3) is 0.217. The van der Waals surface area contributed by atoms with Gasteiger partial charge < -0.3 is 18.7 Å². The molecule has 0 fully saturated rings. The van der Waals surface area contributed by atoms with Crippen LogP contribution in [0, 0.1) is 0 Å². The van der Waals surface area contributed by atoms with Crippen molar-refractivity contribution in [2.45, 2.75) is 25.6 Å². The maximum atomic E-state index is 11.1. The third-order valence-electron chi connectivity index (χ3n) is 4.40. The molecule has 0 unspecified atom stereocenters. The summed E-state index contributed by atoms with van der Waals surface area (Å²) < 4.78 is 15.6. The number of rotatable bonds is 5. The molecule has 0 amide bonds. The van der Waals surface area contributed by atoms with Gasteiger partial charge in [0, 0.05) is 43.8 Å². The van der Waals surface area contributed by atoms with Crippen molar-refractivity contribution in [2.75, 3.05) is 6.61 Å². The Hall–Kier alpha value is -3.32. The predicted molar refractivity (Wildman–Crippen MR) is 120 cm³/mol. The Morgan fingerprint density at radius 3 is 2.03 bits per heavy atom. The number of ether oxygens (including phenoxy) is 1. The van der Waals surface area contributed by atoms with E-state index in [0.717, 1.165) is 29.5 Å². The van der Waals surface area contributed by atoms with E-state index in [1.807, 2.05) is 12.1 Å².